The van der Waals surface area contributed by atoms with Crippen LogP contribution in [0.5, 0.6) is 11.5 Å². The Morgan fingerprint density at radius 1 is 1.11 bits per heavy atom. The minimum atomic E-state index is -0.242. The van der Waals surface area contributed by atoms with Gasteiger partial charge in [0.1, 0.15) is 11.5 Å². The maximum Gasteiger partial charge on any atom is 0.264 e. The van der Waals surface area contributed by atoms with E-state index in [4.69, 9.17) is 15.3 Å². The monoisotopic (exact) mass is 498 g/mol. The van der Waals surface area contributed by atoms with Gasteiger partial charge in [-0.05, 0) is 31.5 Å². The largest absolute Gasteiger partial charge is 0.497 e. The quantitative estimate of drug-likeness (QED) is 0.149. The molecule has 0 aliphatic rings. The van der Waals surface area contributed by atoms with Crippen LogP contribution in [0.2, 0.25) is 0 Å². The Kier molecular flexibility index (Phi) is 9.18. The van der Waals surface area contributed by atoms with Gasteiger partial charge in [-0.1, -0.05) is 23.9 Å². The highest BCUT2D eigenvalue weighted by atomic mass is 32.2. The minimum Gasteiger partial charge on any atom is -0.497 e. The Hall–Kier alpha value is -3.93. The number of rotatable bonds is 12. The molecule has 0 fully saturated rings. The highest BCUT2D eigenvalue weighted by Crippen LogP contribution is 2.26. The van der Waals surface area contributed by atoms with Crippen molar-refractivity contribution < 1.29 is 14.3 Å². The lowest BCUT2D eigenvalue weighted by Crippen LogP contribution is -2.21. The first-order chi connectivity index (χ1) is 17.0. The number of amides is 1. The first kappa shape index (κ1) is 25.7. The topological polar surface area (TPSA) is 132 Å². The number of thioether (sulfide) groups is 1. The van der Waals surface area contributed by atoms with Gasteiger partial charge in [0.25, 0.3) is 5.95 Å². The third-order valence-corrected chi connectivity index (χ3v) is 5.98. The van der Waals surface area contributed by atoms with Gasteiger partial charge >= 0.3 is 0 Å². The lowest BCUT2D eigenvalue weighted by Gasteiger charge is -2.20. The normalized spacial score (nSPS) is 10.9. The second-order valence-electron chi connectivity index (χ2n) is 7.25. The SMILES string of the molecule is CCN(CC)c1ccc(/C=N/Nc2nnc(SCC(=O)Nc3cc(OC)cc(OC)c3)n2N)cc1. The molecule has 3 aromatic rings. The van der Waals surface area contributed by atoms with Crippen LogP contribution in [0, 0.1) is 0 Å². The molecule has 186 valence electrons. The van der Waals surface area contributed by atoms with Crippen molar-refractivity contribution in [3.8, 4) is 11.5 Å². The molecular weight excluding hydrogens is 468 g/mol. The third-order valence-electron chi connectivity index (χ3n) is 5.03. The fraction of sp³-hybridized carbons (Fsp3) is 0.304. The van der Waals surface area contributed by atoms with E-state index in [0.717, 1.165) is 36.1 Å². The Morgan fingerprint density at radius 3 is 2.37 bits per heavy atom. The summed E-state index contributed by atoms with van der Waals surface area (Å²) < 4.78 is 11.7. The van der Waals surface area contributed by atoms with Gasteiger partial charge in [-0.3, -0.25) is 4.79 Å². The molecule has 1 amide bonds. The van der Waals surface area contributed by atoms with Crippen LogP contribution in [-0.2, 0) is 4.79 Å². The number of ether oxygens (including phenoxy) is 2. The molecule has 0 radical (unpaired) electrons. The van der Waals surface area contributed by atoms with Crippen LogP contribution in [0.4, 0.5) is 17.3 Å². The highest BCUT2D eigenvalue weighted by Gasteiger charge is 2.13. The van der Waals surface area contributed by atoms with Crippen LogP contribution >= 0.6 is 11.8 Å². The lowest BCUT2D eigenvalue weighted by molar-refractivity contribution is -0.113. The van der Waals surface area contributed by atoms with E-state index in [0.29, 0.717) is 22.3 Å². The molecule has 3 rings (SSSR count). The van der Waals surface area contributed by atoms with E-state index >= 15 is 0 Å². The third kappa shape index (κ3) is 7.03. The predicted octanol–water partition coefficient (Wildman–Crippen LogP) is 3.03. The maximum absolute atomic E-state index is 12.4. The molecule has 0 saturated carbocycles. The standard InChI is InChI=1S/C23H30N8O3S/c1-5-30(6-2)18-9-7-16(8-10-18)14-25-27-22-28-29-23(31(22)24)35-15-21(32)26-17-11-19(33-3)13-20(12-17)34-4/h7-14H,5-6,15,24H2,1-4H3,(H,26,32)(H,27,28)/b25-14+. The van der Waals surface area contributed by atoms with Crippen LogP contribution in [-0.4, -0.2) is 60.1 Å². The molecule has 2 aromatic carbocycles. The van der Waals surface area contributed by atoms with E-state index in [2.05, 4.69) is 56.9 Å². The van der Waals surface area contributed by atoms with Crippen molar-refractivity contribution in [1.82, 2.24) is 14.9 Å². The van der Waals surface area contributed by atoms with Crippen molar-refractivity contribution in [3.63, 3.8) is 0 Å². The minimum absolute atomic E-state index is 0.0804. The first-order valence-electron chi connectivity index (χ1n) is 11.0. The van der Waals surface area contributed by atoms with E-state index in [9.17, 15) is 4.79 Å². The molecular formula is C23H30N8O3S. The Balaban J connectivity index is 1.53. The summed E-state index contributed by atoms with van der Waals surface area (Å²) in [6.45, 7) is 6.16. The zero-order chi connectivity index (χ0) is 25.2. The fourth-order valence-corrected chi connectivity index (χ4v) is 3.84. The van der Waals surface area contributed by atoms with Crippen LogP contribution in [0.15, 0.2) is 52.7 Å². The molecule has 0 saturated heterocycles. The predicted molar refractivity (Wildman–Crippen MR) is 140 cm³/mol. The number of anilines is 3. The van der Waals surface area contributed by atoms with Crippen LogP contribution in [0.1, 0.15) is 19.4 Å². The number of nitrogen functional groups attached to an aromatic ring is 1. The van der Waals surface area contributed by atoms with Gasteiger partial charge in [0.15, 0.2) is 0 Å². The molecule has 0 aliphatic heterocycles. The number of methoxy groups -OCH3 is 2. The average molecular weight is 499 g/mol. The molecule has 0 unspecified atom stereocenters. The van der Waals surface area contributed by atoms with Crippen LogP contribution in [0.3, 0.4) is 0 Å². The lowest BCUT2D eigenvalue weighted by atomic mass is 10.2. The summed E-state index contributed by atoms with van der Waals surface area (Å²) in [5.41, 5.74) is 5.43. The number of nitrogens with two attached hydrogens (primary N) is 1. The van der Waals surface area contributed by atoms with E-state index in [1.165, 1.54) is 4.68 Å². The molecule has 0 atom stereocenters. The molecule has 1 heterocycles. The van der Waals surface area contributed by atoms with Crippen molar-refractivity contribution in [1.29, 1.82) is 0 Å². The van der Waals surface area contributed by atoms with Gasteiger partial charge in [0.05, 0.1) is 26.2 Å². The number of nitrogens with zero attached hydrogens (tertiary/aromatic N) is 5. The molecule has 0 bridgehead atoms. The number of hydrogen-bond donors (Lipinski definition) is 3. The summed E-state index contributed by atoms with van der Waals surface area (Å²) in [4.78, 5) is 14.6. The number of hydrazone groups is 1. The summed E-state index contributed by atoms with van der Waals surface area (Å²) in [6, 6.07) is 13.2. The number of benzene rings is 2. The van der Waals surface area contributed by atoms with Crippen molar-refractivity contribution in [3.05, 3.63) is 48.0 Å². The van der Waals surface area contributed by atoms with Gasteiger partial charge in [0, 0.05) is 42.7 Å². The van der Waals surface area contributed by atoms with Gasteiger partial charge in [-0.15, -0.1) is 10.2 Å². The summed E-state index contributed by atoms with van der Waals surface area (Å²) >= 11 is 1.15. The van der Waals surface area contributed by atoms with Crippen LogP contribution < -0.4 is 31.0 Å². The molecule has 0 aliphatic carbocycles. The molecule has 35 heavy (non-hydrogen) atoms. The van der Waals surface area contributed by atoms with E-state index in [1.54, 1.807) is 38.6 Å². The Morgan fingerprint density at radius 2 is 1.77 bits per heavy atom. The summed E-state index contributed by atoms with van der Waals surface area (Å²) in [5.74, 6) is 7.28. The summed E-state index contributed by atoms with van der Waals surface area (Å²) in [7, 11) is 3.09. The number of aromatic nitrogens is 3. The zero-order valence-electron chi connectivity index (χ0n) is 20.2. The Labute approximate surface area is 208 Å². The highest BCUT2D eigenvalue weighted by molar-refractivity contribution is 7.99. The molecule has 4 N–H and O–H groups in total. The molecule has 11 nitrogen and oxygen atoms in total. The summed E-state index contributed by atoms with van der Waals surface area (Å²) in [5, 5.41) is 15.3. The van der Waals surface area contributed by atoms with Crippen molar-refractivity contribution >= 4 is 41.2 Å². The van der Waals surface area contributed by atoms with Gasteiger partial charge in [-0.25, -0.2) is 10.1 Å². The van der Waals surface area contributed by atoms with Gasteiger partial charge in [0.2, 0.25) is 11.1 Å². The van der Waals surface area contributed by atoms with Gasteiger partial charge in [-0.2, -0.15) is 5.10 Å². The fourth-order valence-electron chi connectivity index (χ4n) is 3.18. The van der Waals surface area contributed by atoms with Gasteiger partial charge < -0.3 is 25.5 Å². The molecule has 0 spiro atoms. The first-order valence-corrected chi connectivity index (χ1v) is 12.0. The van der Waals surface area contributed by atoms with E-state index in [-0.39, 0.29) is 17.6 Å². The zero-order valence-corrected chi connectivity index (χ0v) is 21.0. The van der Waals surface area contributed by atoms with Crippen LogP contribution in [0.25, 0.3) is 0 Å². The van der Waals surface area contributed by atoms with E-state index in [1.807, 2.05) is 12.1 Å². The summed E-state index contributed by atoms with van der Waals surface area (Å²) in [6.07, 6.45) is 1.67. The smallest absolute Gasteiger partial charge is 0.264 e. The Bertz CT molecular complexity index is 1120. The van der Waals surface area contributed by atoms with E-state index < -0.39 is 0 Å². The number of carbonyl (C=O) groups is 1. The second-order valence-corrected chi connectivity index (χ2v) is 8.19. The maximum atomic E-state index is 12.4. The number of nitrogens with one attached hydrogen (secondary N) is 2. The molecule has 12 heteroatoms. The van der Waals surface area contributed by atoms with Crippen molar-refractivity contribution in [2.75, 3.05) is 54.5 Å². The average Bonchev–Trinajstić information content (AvgIpc) is 3.23. The van der Waals surface area contributed by atoms with Crippen molar-refractivity contribution in [2.45, 2.75) is 19.0 Å². The van der Waals surface area contributed by atoms with Crippen molar-refractivity contribution in [2.24, 2.45) is 5.10 Å². The number of hydrogen-bond acceptors (Lipinski definition) is 10. The number of carbonyl (C=O) groups excluding carboxylic acids is 1. The second kappa shape index (κ2) is 12.5. The molecule has 1 aromatic heterocycles.